The van der Waals surface area contributed by atoms with Gasteiger partial charge in [0.15, 0.2) is 0 Å². The lowest BCUT2D eigenvalue weighted by atomic mass is 9.91. The van der Waals surface area contributed by atoms with Crippen LogP contribution in [0.5, 0.6) is 0 Å². The first-order chi connectivity index (χ1) is 10.2. The van der Waals surface area contributed by atoms with Crippen LogP contribution >= 0.6 is 27.7 Å². The molecular formula is C17H25BrFNS. The maximum Gasteiger partial charge on any atom is 0.123 e. The first kappa shape index (κ1) is 17.3. The Bertz CT molecular complexity index is 435. The highest BCUT2D eigenvalue weighted by atomic mass is 79.9. The molecule has 0 radical (unpaired) electrons. The molecule has 1 atom stereocenters. The van der Waals surface area contributed by atoms with Gasteiger partial charge in [-0.05, 0) is 79.8 Å². The third-order valence-corrected chi connectivity index (χ3v) is 5.94. The van der Waals surface area contributed by atoms with Crippen molar-refractivity contribution in [3.05, 3.63) is 34.1 Å². The molecule has 0 saturated carbocycles. The molecule has 4 heteroatoms. The molecular weight excluding hydrogens is 349 g/mol. The van der Waals surface area contributed by atoms with Gasteiger partial charge in [0, 0.05) is 10.5 Å². The van der Waals surface area contributed by atoms with Crippen molar-refractivity contribution in [3.8, 4) is 0 Å². The molecule has 1 N–H and O–H groups in total. The van der Waals surface area contributed by atoms with Gasteiger partial charge in [0.25, 0.3) is 0 Å². The van der Waals surface area contributed by atoms with Crippen molar-refractivity contribution in [1.82, 2.24) is 5.32 Å². The maximum atomic E-state index is 13.5. The topological polar surface area (TPSA) is 12.0 Å². The Balaban J connectivity index is 1.98. The molecule has 1 aromatic rings. The third-order valence-electron chi connectivity index (χ3n) is 4.12. The Morgan fingerprint density at radius 3 is 2.86 bits per heavy atom. The quantitative estimate of drug-likeness (QED) is 0.718. The Labute approximate surface area is 140 Å². The lowest BCUT2D eigenvalue weighted by Crippen LogP contribution is -2.34. The number of nitrogens with one attached hydrogen (secondary N) is 1. The van der Waals surface area contributed by atoms with Crippen LogP contribution in [-0.4, -0.2) is 24.1 Å². The van der Waals surface area contributed by atoms with Gasteiger partial charge >= 0.3 is 0 Å². The molecule has 2 rings (SSSR count). The van der Waals surface area contributed by atoms with E-state index in [0.29, 0.717) is 6.04 Å². The van der Waals surface area contributed by atoms with E-state index in [4.69, 9.17) is 0 Å². The standard InChI is InChI=1S/C17H25BrFNS/c1-2-7-20-16(10-13-5-8-21-9-6-13)12-14-11-15(19)3-4-17(14)18/h3-4,11,13,16,20H,2,5-10,12H2,1H3. The van der Waals surface area contributed by atoms with E-state index < -0.39 is 0 Å². The highest BCUT2D eigenvalue weighted by Gasteiger charge is 2.20. The second-order valence-corrected chi connectivity index (χ2v) is 7.96. The van der Waals surface area contributed by atoms with Crippen LogP contribution in [0.3, 0.4) is 0 Å². The molecule has 1 fully saturated rings. The van der Waals surface area contributed by atoms with E-state index in [2.05, 4.69) is 39.9 Å². The number of halogens is 2. The van der Waals surface area contributed by atoms with Crippen LogP contribution in [0, 0.1) is 11.7 Å². The SMILES string of the molecule is CCCNC(Cc1cc(F)ccc1Br)CC1CCSCC1. The number of hydrogen-bond acceptors (Lipinski definition) is 2. The molecule has 1 aromatic carbocycles. The van der Waals surface area contributed by atoms with Crippen LogP contribution in [0.25, 0.3) is 0 Å². The number of thioether (sulfide) groups is 1. The molecule has 0 spiro atoms. The van der Waals surface area contributed by atoms with Crippen LogP contribution in [0.1, 0.15) is 38.2 Å². The van der Waals surface area contributed by atoms with Gasteiger partial charge < -0.3 is 5.32 Å². The zero-order valence-corrected chi connectivity index (χ0v) is 15.1. The number of hydrogen-bond donors (Lipinski definition) is 1. The summed E-state index contributed by atoms with van der Waals surface area (Å²) >= 11 is 5.63. The van der Waals surface area contributed by atoms with Crippen molar-refractivity contribution in [2.75, 3.05) is 18.1 Å². The summed E-state index contributed by atoms with van der Waals surface area (Å²) in [5.74, 6) is 3.29. The first-order valence-electron chi connectivity index (χ1n) is 7.94. The molecule has 21 heavy (non-hydrogen) atoms. The van der Waals surface area contributed by atoms with E-state index in [9.17, 15) is 4.39 Å². The van der Waals surface area contributed by atoms with Gasteiger partial charge in [0.05, 0.1) is 0 Å². The van der Waals surface area contributed by atoms with Crippen LogP contribution in [0.15, 0.2) is 22.7 Å². The molecule has 1 unspecified atom stereocenters. The molecule has 1 nitrogen and oxygen atoms in total. The highest BCUT2D eigenvalue weighted by molar-refractivity contribution is 9.10. The second kappa shape index (κ2) is 9.16. The van der Waals surface area contributed by atoms with Gasteiger partial charge in [-0.25, -0.2) is 4.39 Å². The summed E-state index contributed by atoms with van der Waals surface area (Å²) in [6, 6.07) is 5.46. The molecule has 1 aliphatic heterocycles. The zero-order chi connectivity index (χ0) is 15.1. The lowest BCUT2D eigenvalue weighted by Gasteiger charge is -2.27. The van der Waals surface area contributed by atoms with Crippen LogP contribution in [-0.2, 0) is 6.42 Å². The molecule has 1 saturated heterocycles. The number of benzene rings is 1. The van der Waals surface area contributed by atoms with Crippen molar-refractivity contribution >= 4 is 27.7 Å². The van der Waals surface area contributed by atoms with Crippen molar-refractivity contribution in [3.63, 3.8) is 0 Å². The van der Waals surface area contributed by atoms with Crippen LogP contribution in [0.2, 0.25) is 0 Å². The third kappa shape index (κ3) is 5.91. The summed E-state index contributed by atoms with van der Waals surface area (Å²) in [5, 5.41) is 3.66. The normalized spacial score (nSPS) is 17.9. The van der Waals surface area contributed by atoms with Gasteiger partial charge in [-0.2, -0.15) is 11.8 Å². The van der Waals surface area contributed by atoms with Gasteiger partial charge in [0.2, 0.25) is 0 Å². The highest BCUT2D eigenvalue weighted by Crippen LogP contribution is 2.28. The summed E-state index contributed by atoms with van der Waals surface area (Å²) in [6.07, 6.45) is 5.92. The first-order valence-corrected chi connectivity index (χ1v) is 9.89. The Morgan fingerprint density at radius 1 is 1.38 bits per heavy atom. The van der Waals surface area contributed by atoms with Crippen molar-refractivity contribution in [2.24, 2.45) is 5.92 Å². The summed E-state index contributed by atoms with van der Waals surface area (Å²) in [7, 11) is 0. The Kier molecular flexibility index (Phi) is 7.55. The molecule has 0 aromatic heterocycles. The van der Waals surface area contributed by atoms with E-state index in [0.717, 1.165) is 35.3 Å². The van der Waals surface area contributed by atoms with Crippen molar-refractivity contribution in [2.45, 2.75) is 45.1 Å². The largest absolute Gasteiger partial charge is 0.314 e. The smallest absolute Gasteiger partial charge is 0.123 e. The molecule has 0 aliphatic carbocycles. The van der Waals surface area contributed by atoms with E-state index in [1.807, 2.05) is 6.07 Å². The number of rotatable bonds is 7. The minimum Gasteiger partial charge on any atom is -0.314 e. The van der Waals surface area contributed by atoms with Crippen molar-refractivity contribution in [1.29, 1.82) is 0 Å². The predicted molar refractivity (Wildman–Crippen MR) is 94.6 cm³/mol. The van der Waals surface area contributed by atoms with Crippen LogP contribution < -0.4 is 5.32 Å². The van der Waals surface area contributed by atoms with Gasteiger partial charge in [0.1, 0.15) is 5.82 Å². The fourth-order valence-corrected chi connectivity index (χ4v) is 4.55. The van der Waals surface area contributed by atoms with E-state index in [1.54, 1.807) is 6.07 Å². The average molecular weight is 374 g/mol. The molecule has 0 bridgehead atoms. The second-order valence-electron chi connectivity index (χ2n) is 5.88. The zero-order valence-electron chi connectivity index (χ0n) is 12.7. The fraction of sp³-hybridized carbons (Fsp3) is 0.647. The minimum atomic E-state index is -0.142. The van der Waals surface area contributed by atoms with E-state index in [1.165, 1.54) is 36.8 Å². The monoisotopic (exact) mass is 373 g/mol. The predicted octanol–water partition coefficient (Wildman–Crippen LogP) is 5.03. The summed E-state index contributed by atoms with van der Waals surface area (Å²) < 4.78 is 14.5. The van der Waals surface area contributed by atoms with Gasteiger partial charge in [-0.1, -0.05) is 22.9 Å². The average Bonchev–Trinajstić information content (AvgIpc) is 2.49. The summed E-state index contributed by atoms with van der Waals surface area (Å²) in [4.78, 5) is 0. The fourth-order valence-electron chi connectivity index (χ4n) is 2.94. The van der Waals surface area contributed by atoms with Crippen LogP contribution in [0.4, 0.5) is 4.39 Å². The molecule has 1 aliphatic rings. The molecule has 1 heterocycles. The van der Waals surface area contributed by atoms with E-state index in [-0.39, 0.29) is 5.82 Å². The minimum absolute atomic E-state index is 0.142. The van der Waals surface area contributed by atoms with Gasteiger partial charge in [-0.15, -0.1) is 0 Å². The Hall–Kier alpha value is -0.0600. The summed E-state index contributed by atoms with van der Waals surface area (Å²) in [5.41, 5.74) is 1.08. The Morgan fingerprint density at radius 2 is 2.14 bits per heavy atom. The summed E-state index contributed by atoms with van der Waals surface area (Å²) in [6.45, 7) is 3.23. The maximum absolute atomic E-state index is 13.5. The van der Waals surface area contributed by atoms with E-state index >= 15 is 0 Å². The lowest BCUT2D eigenvalue weighted by molar-refractivity contribution is 0.362. The molecule has 118 valence electrons. The van der Waals surface area contributed by atoms with Crippen molar-refractivity contribution < 1.29 is 4.39 Å². The molecule has 0 amide bonds. The van der Waals surface area contributed by atoms with Gasteiger partial charge in [-0.3, -0.25) is 0 Å².